The Bertz CT molecular complexity index is 131. The van der Waals surface area contributed by atoms with Crippen molar-refractivity contribution in [1.82, 2.24) is 0 Å². The monoisotopic (exact) mass is 214 g/mol. The quantitative estimate of drug-likeness (QED) is 0.564. The van der Waals surface area contributed by atoms with E-state index in [1.165, 1.54) is 44.9 Å². The van der Waals surface area contributed by atoms with Crippen molar-refractivity contribution in [3.8, 4) is 0 Å². The summed E-state index contributed by atoms with van der Waals surface area (Å²) in [6.45, 7) is 8.67. The van der Waals surface area contributed by atoms with E-state index in [1.54, 1.807) is 0 Å². The van der Waals surface area contributed by atoms with Crippen molar-refractivity contribution in [2.24, 2.45) is 11.8 Å². The molecule has 0 spiro atoms. The largest absolute Gasteiger partial charge is 0.393 e. The third-order valence-electron chi connectivity index (χ3n) is 3.48. The summed E-state index contributed by atoms with van der Waals surface area (Å²) in [7, 11) is 0. The molecule has 0 saturated carbocycles. The van der Waals surface area contributed by atoms with Crippen LogP contribution in [0, 0.1) is 11.8 Å². The van der Waals surface area contributed by atoms with Gasteiger partial charge in [-0.25, -0.2) is 0 Å². The first kappa shape index (κ1) is 15.0. The van der Waals surface area contributed by atoms with Crippen LogP contribution < -0.4 is 0 Å². The molecule has 1 heteroatoms. The lowest BCUT2D eigenvalue weighted by molar-refractivity contribution is 0.127. The molecule has 0 fully saturated rings. The van der Waals surface area contributed by atoms with E-state index >= 15 is 0 Å². The summed E-state index contributed by atoms with van der Waals surface area (Å²) in [6.07, 6.45) is 9.14. The topological polar surface area (TPSA) is 20.2 Å². The fraction of sp³-hybridized carbons (Fsp3) is 1.00. The molecule has 0 aromatic heterocycles. The summed E-state index contributed by atoms with van der Waals surface area (Å²) in [5.74, 6) is 1.34. The van der Waals surface area contributed by atoms with E-state index in [4.69, 9.17) is 0 Å². The van der Waals surface area contributed by atoms with Gasteiger partial charge in [0.15, 0.2) is 0 Å². The molecule has 0 unspecified atom stereocenters. The summed E-state index contributed by atoms with van der Waals surface area (Å²) >= 11 is 0. The van der Waals surface area contributed by atoms with Gasteiger partial charge in [0.25, 0.3) is 0 Å². The maximum Gasteiger partial charge on any atom is 0.0537 e. The van der Waals surface area contributed by atoms with Gasteiger partial charge in [-0.2, -0.15) is 0 Å². The first-order valence-electron chi connectivity index (χ1n) is 6.76. The number of hydrogen-bond donors (Lipinski definition) is 1. The first-order valence-corrected chi connectivity index (χ1v) is 6.76. The van der Waals surface area contributed by atoms with Gasteiger partial charge < -0.3 is 5.11 Å². The van der Waals surface area contributed by atoms with Crippen molar-refractivity contribution in [3.05, 3.63) is 0 Å². The Morgan fingerprint density at radius 1 is 0.867 bits per heavy atom. The number of aliphatic hydroxyl groups excluding tert-OH is 1. The van der Waals surface area contributed by atoms with Crippen LogP contribution >= 0.6 is 0 Å². The fourth-order valence-corrected chi connectivity index (χ4v) is 1.92. The molecule has 0 bridgehead atoms. The highest BCUT2D eigenvalue weighted by Crippen LogP contribution is 2.19. The standard InChI is InChI=1S/C14H30O/c1-5-6-7-9-12(2)10-8-11-13(3)14(4)15/h12-15H,5-11H2,1-4H3/t12-,13-,14+/m1/s1. The minimum absolute atomic E-state index is 0.139. The Morgan fingerprint density at radius 2 is 1.47 bits per heavy atom. The first-order chi connectivity index (χ1) is 7.07. The molecule has 0 aromatic rings. The number of rotatable bonds is 9. The lowest BCUT2D eigenvalue weighted by atomic mass is 9.93. The van der Waals surface area contributed by atoms with E-state index in [9.17, 15) is 5.11 Å². The molecule has 0 aliphatic carbocycles. The number of hydrogen-bond acceptors (Lipinski definition) is 1. The van der Waals surface area contributed by atoms with E-state index < -0.39 is 0 Å². The highest BCUT2D eigenvalue weighted by molar-refractivity contribution is 4.61. The van der Waals surface area contributed by atoms with Gasteiger partial charge in [-0.3, -0.25) is 0 Å². The van der Waals surface area contributed by atoms with Crippen molar-refractivity contribution in [2.75, 3.05) is 0 Å². The lowest BCUT2D eigenvalue weighted by Crippen LogP contribution is -2.13. The van der Waals surface area contributed by atoms with Crippen LogP contribution in [0.1, 0.15) is 72.6 Å². The Morgan fingerprint density at radius 3 is 2.00 bits per heavy atom. The third-order valence-corrected chi connectivity index (χ3v) is 3.48. The zero-order valence-corrected chi connectivity index (χ0v) is 11.1. The average Bonchev–Trinajstić information content (AvgIpc) is 2.18. The smallest absolute Gasteiger partial charge is 0.0537 e. The highest BCUT2D eigenvalue weighted by atomic mass is 16.3. The van der Waals surface area contributed by atoms with Gasteiger partial charge in [0.05, 0.1) is 6.10 Å². The SMILES string of the molecule is CCCCC[C@@H](C)CCC[C@@H](C)[C@H](C)O. The van der Waals surface area contributed by atoms with E-state index in [1.807, 2.05) is 6.92 Å². The van der Waals surface area contributed by atoms with Gasteiger partial charge in [-0.05, 0) is 25.2 Å². The fourth-order valence-electron chi connectivity index (χ4n) is 1.92. The Hall–Kier alpha value is -0.0400. The minimum atomic E-state index is -0.139. The van der Waals surface area contributed by atoms with E-state index in [-0.39, 0.29) is 6.10 Å². The normalized spacial score (nSPS) is 17.4. The number of unbranched alkanes of at least 4 members (excludes halogenated alkanes) is 2. The molecular formula is C14H30O. The second kappa shape index (κ2) is 9.21. The van der Waals surface area contributed by atoms with Crippen LogP contribution in [0.15, 0.2) is 0 Å². The molecule has 0 aliphatic heterocycles. The summed E-state index contributed by atoms with van der Waals surface area (Å²) < 4.78 is 0. The molecule has 1 nitrogen and oxygen atoms in total. The molecule has 15 heavy (non-hydrogen) atoms. The summed E-state index contributed by atoms with van der Waals surface area (Å²) in [4.78, 5) is 0. The Kier molecular flexibility index (Phi) is 9.18. The Labute approximate surface area is 96.3 Å². The molecular weight excluding hydrogens is 184 g/mol. The lowest BCUT2D eigenvalue weighted by Gasteiger charge is -2.16. The van der Waals surface area contributed by atoms with Crippen LogP contribution in [-0.2, 0) is 0 Å². The van der Waals surface area contributed by atoms with Crippen LogP contribution in [-0.4, -0.2) is 11.2 Å². The highest BCUT2D eigenvalue weighted by Gasteiger charge is 2.09. The molecule has 1 N–H and O–H groups in total. The van der Waals surface area contributed by atoms with E-state index in [0.29, 0.717) is 5.92 Å². The van der Waals surface area contributed by atoms with Gasteiger partial charge in [-0.1, -0.05) is 59.3 Å². The van der Waals surface area contributed by atoms with Gasteiger partial charge in [0.2, 0.25) is 0 Å². The number of aliphatic hydroxyl groups is 1. The van der Waals surface area contributed by atoms with Crippen molar-refractivity contribution in [1.29, 1.82) is 0 Å². The molecule has 0 radical (unpaired) electrons. The Balaban J connectivity index is 3.34. The van der Waals surface area contributed by atoms with Crippen molar-refractivity contribution in [2.45, 2.75) is 78.7 Å². The van der Waals surface area contributed by atoms with Crippen LogP contribution in [0.5, 0.6) is 0 Å². The molecule has 0 heterocycles. The zero-order chi connectivity index (χ0) is 11.7. The maximum absolute atomic E-state index is 9.36. The molecule has 0 aliphatic rings. The second-order valence-corrected chi connectivity index (χ2v) is 5.25. The van der Waals surface area contributed by atoms with Crippen molar-refractivity contribution in [3.63, 3.8) is 0 Å². The molecule has 0 saturated heterocycles. The third kappa shape index (κ3) is 8.92. The zero-order valence-electron chi connectivity index (χ0n) is 11.1. The van der Waals surface area contributed by atoms with Gasteiger partial charge in [-0.15, -0.1) is 0 Å². The van der Waals surface area contributed by atoms with Gasteiger partial charge in [0, 0.05) is 0 Å². The summed E-state index contributed by atoms with van der Waals surface area (Å²) in [6, 6.07) is 0. The molecule has 0 aromatic carbocycles. The minimum Gasteiger partial charge on any atom is -0.393 e. The van der Waals surface area contributed by atoms with Crippen LogP contribution in [0.25, 0.3) is 0 Å². The summed E-state index contributed by atoms with van der Waals surface area (Å²) in [5, 5.41) is 9.36. The van der Waals surface area contributed by atoms with Gasteiger partial charge in [0.1, 0.15) is 0 Å². The maximum atomic E-state index is 9.36. The molecule has 0 rings (SSSR count). The van der Waals surface area contributed by atoms with Crippen molar-refractivity contribution < 1.29 is 5.11 Å². The predicted molar refractivity (Wildman–Crippen MR) is 68.0 cm³/mol. The average molecular weight is 214 g/mol. The van der Waals surface area contributed by atoms with E-state index in [0.717, 1.165) is 5.92 Å². The van der Waals surface area contributed by atoms with Crippen LogP contribution in [0.4, 0.5) is 0 Å². The molecule has 92 valence electrons. The van der Waals surface area contributed by atoms with Crippen molar-refractivity contribution >= 4 is 0 Å². The van der Waals surface area contributed by atoms with Gasteiger partial charge >= 0.3 is 0 Å². The second-order valence-electron chi connectivity index (χ2n) is 5.25. The summed E-state index contributed by atoms with van der Waals surface area (Å²) in [5.41, 5.74) is 0. The molecule has 0 amide bonds. The van der Waals surface area contributed by atoms with E-state index in [2.05, 4.69) is 20.8 Å². The van der Waals surface area contributed by atoms with Crippen LogP contribution in [0.2, 0.25) is 0 Å². The molecule has 3 atom stereocenters. The predicted octanol–water partition coefficient (Wildman–Crippen LogP) is 4.39. The van der Waals surface area contributed by atoms with Crippen LogP contribution in [0.3, 0.4) is 0 Å².